The molecule has 0 aromatic heterocycles. The van der Waals surface area contributed by atoms with Crippen molar-refractivity contribution < 1.29 is 5.11 Å². The van der Waals surface area contributed by atoms with Crippen molar-refractivity contribution in [3.63, 3.8) is 0 Å². The van der Waals surface area contributed by atoms with Crippen molar-refractivity contribution >= 4 is 5.96 Å². The molecule has 0 radical (unpaired) electrons. The molecule has 0 saturated carbocycles. The van der Waals surface area contributed by atoms with Crippen molar-refractivity contribution in [3.05, 3.63) is 35.4 Å². The Morgan fingerprint density at radius 1 is 1.26 bits per heavy atom. The van der Waals surface area contributed by atoms with Gasteiger partial charge in [0.2, 0.25) is 0 Å². The third kappa shape index (κ3) is 7.04. The Kier molecular flexibility index (Phi) is 9.37. The minimum atomic E-state index is 0.246. The van der Waals surface area contributed by atoms with Crippen molar-refractivity contribution in [2.75, 3.05) is 26.7 Å². The Bertz CT molecular complexity index is 467. The number of nitrogens with zero attached hydrogens (tertiary/aromatic N) is 2. The minimum Gasteiger partial charge on any atom is -0.396 e. The zero-order valence-electron chi connectivity index (χ0n) is 15.2. The second-order valence-electron chi connectivity index (χ2n) is 6.14. The number of benzene rings is 1. The number of aliphatic imine (C=N–C) groups is 1. The maximum atomic E-state index is 9.19. The Balaban J connectivity index is 2.74. The Morgan fingerprint density at radius 3 is 2.61 bits per heavy atom. The molecule has 4 nitrogen and oxygen atoms in total. The third-order valence-corrected chi connectivity index (χ3v) is 4.10. The smallest absolute Gasteiger partial charge is 0.193 e. The third-order valence-electron chi connectivity index (χ3n) is 4.10. The molecule has 0 amide bonds. The molecule has 0 fully saturated rings. The van der Waals surface area contributed by atoms with Crippen LogP contribution in [0.2, 0.25) is 0 Å². The number of aliphatic hydroxyl groups is 1. The van der Waals surface area contributed by atoms with E-state index in [1.807, 2.05) is 0 Å². The first kappa shape index (κ1) is 19.5. The second-order valence-corrected chi connectivity index (χ2v) is 6.14. The zero-order valence-corrected chi connectivity index (χ0v) is 15.2. The summed E-state index contributed by atoms with van der Waals surface area (Å²) in [7, 11) is 2.08. The summed E-state index contributed by atoms with van der Waals surface area (Å²) in [5.74, 6) is 1.40. The summed E-state index contributed by atoms with van der Waals surface area (Å²) in [6.45, 7) is 9.14. The largest absolute Gasteiger partial charge is 0.396 e. The first-order chi connectivity index (χ1) is 11.1. The molecule has 0 saturated heterocycles. The number of aryl methyl sites for hydroxylation is 1. The highest BCUT2D eigenvalue weighted by molar-refractivity contribution is 5.79. The van der Waals surface area contributed by atoms with Crippen molar-refractivity contribution in [2.45, 2.75) is 46.6 Å². The number of guanidine groups is 1. The highest BCUT2D eigenvalue weighted by Crippen LogP contribution is 2.12. The van der Waals surface area contributed by atoms with Gasteiger partial charge in [-0.05, 0) is 43.7 Å². The standard InChI is InChI=1S/C19H33N3O/c1-5-9-17(12-13-23)14-21-19(20-6-2)22(4)15-18-11-8-7-10-16(18)3/h7-8,10-11,17,23H,5-6,9,12-15H2,1-4H3,(H,20,21). The molecular weight excluding hydrogens is 286 g/mol. The SMILES string of the molecule is CCCC(CCO)CN=C(NCC)N(C)Cc1ccccc1C. The number of aliphatic hydroxyl groups excluding tert-OH is 1. The van der Waals surface area contributed by atoms with E-state index in [0.717, 1.165) is 44.9 Å². The van der Waals surface area contributed by atoms with Gasteiger partial charge in [0, 0.05) is 33.3 Å². The van der Waals surface area contributed by atoms with Crippen molar-refractivity contribution in [2.24, 2.45) is 10.9 Å². The first-order valence-corrected chi connectivity index (χ1v) is 8.77. The first-order valence-electron chi connectivity index (χ1n) is 8.77. The fourth-order valence-electron chi connectivity index (χ4n) is 2.72. The van der Waals surface area contributed by atoms with E-state index in [1.54, 1.807) is 0 Å². The van der Waals surface area contributed by atoms with Gasteiger partial charge in [0.1, 0.15) is 0 Å². The molecule has 23 heavy (non-hydrogen) atoms. The molecule has 0 bridgehead atoms. The van der Waals surface area contributed by atoms with Crippen LogP contribution in [0.5, 0.6) is 0 Å². The van der Waals surface area contributed by atoms with Gasteiger partial charge in [0.25, 0.3) is 0 Å². The van der Waals surface area contributed by atoms with Crippen LogP contribution < -0.4 is 5.32 Å². The molecule has 1 aromatic carbocycles. The molecule has 4 heteroatoms. The van der Waals surface area contributed by atoms with E-state index in [1.165, 1.54) is 11.1 Å². The van der Waals surface area contributed by atoms with Crippen molar-refractivity contribution in [3.8, 4) is 0 Å². The molecule has 1 rings (SSSR count). The fraction of sp³-hybridized carbons (Fsp3) is 0.632. The lowest BCUT2D eigenvalue weighted by atomic mass is 10.0. The van der Waals surface area contributed by atoms with Gasteiger partial charge in [-0.1, -0.05) is 37.6 Å². The van der Waals surface area contributed by atoms with Crippen molar-refractivity contribution in [1.82, 2.24) is 10.2 Å². The van der Waals surface area contributed by atoms with E-state index in [-0.39, 0.29) is 6.61 Å². The Labute approximate surface area is 141 Å². The molecule has 130 valence electrons. The topological polar surface area (TPSA) is 47.9 Å². The fourth-order valence-corrected chi connectivity index (χ4v) is 2.72. The van der Waals surface area contributed by atoms with Gasteiger partial charge < -0.3 is 15.3 Å². The summed E-state index contributed by atoms with van der Waals surface area (Å²) >= 11 is 0. The molecule has 1 atom stereocenters. The quantitative estimate of drug-likeness (QED) is 0.543. The van der Waals surface area contributed by atoms with Gasteiger partial charge in [-0.3, -0.25) is 4.99 Å². The van der Waals surface area contributed by atoms with Gasteiger partial charge in [0.05, 0.1) is 0 Å². The maximum absolute atomic E-state index is 9.19. The molecule has 1 unspecified atom stereocenters. The number of hydrogen-bond acceptors (Lipinski definition) is 2. The van der Waals surface area contributed by atoms with E-state index < -0.39 is 0 Å². The molecule has 0 aliphatic rings. The molecule has 1 aromatic rings. The Morgan fingerprint density at radius 2 is 2.00 bits per heavy atom. The molecule has 0 spiro atoms. The molecular formula is C19H33N3O. The van der Waals surface area contributed by atoms with Crippen LogP contribution in [0.3, 0.4) is 0 Å². The lowest BCUT2D eigenvalue weighted by Crippen LogP contribution is -2.39. The van der Waals surface area contributed by atoms with Crippen molar-refractivity contribution in [1.29, 1.82) is 0 Å². The van der Waals surface area contributed by atoms with Crippen LogP contribution >= 0.6 is 0 Å². The monoisotopic (exact) mass is 319 g/mol. The maximum Gasteiger partial charge on any atom is 0.193 e. The lowest BCUT2D eigenvalue weighted by molar-refractivity contribution is 0.253. The number of hydrogen-bond donors (Lipinski definition) is 2. The lowest BCUT2D eigenvalue weighted by Gasteiger charge is -2.24. The van der Waals surface area contributed by atoms with Crippen LogP contribution in [0, 0.1) is 12.8 Å². The van der Waals surface area contributed by atoms with Crippen LogP contribution in [0.1, 0.15) is 44.2 Å². The predicted molar refractivity (Wildman–Crippen MR) is 98.7 cm³/mol. The predicted octanol–water partition coefficient (Wildman–Crippen LogP) is 3.19. The molecule has 0 aliphatic carbocycles. The highest BCUT2D eigenvalue weighted by atomic mass is 16.3. The summed E-state index contributed by atoms with van der Waals surface area (Å²) in [4.78, 5) is 6.97. The second kappa shape index (κ2) is 11.1. The van der Waals surface area contributed by atoms with E-state index in [0.29, 0.717) is 5.92 Å². The van der Waals surface area contributed by atoms with Crippen LogP contribution in [-0.2, 0) is 6.54 Å². The van der Waals surface area contributed by atoms with Gasteiger partial charge in [0.15, 0.2) is 5.96 Å². The highest BCUT2D eigenvalue weighted by Gasteiger charge is 2.11. The van der Waals surface area contributed by atoms with Crippen LogP contribution in [-0.4, -0.2) is 42.7 Å². The zero-order chi connectivity index (χ0) is 17.1. The summed E-state index contributed by atoms with van der Waals surface area (Å²) in [5.41, 5.74) is 2.63. The van der Waals surface area contributed by atoms with Gasteiger partial charge in [-0.2, -0.15) is 0 Å². The van der Waals surface area contributed by atoms with E-state index in [4.69, 9.17) is 4.99 Å². The van der Waals surface area contributed by atoms with Gasteiger partial charge in [-0.25, -0.2) is 0 Å². The molecule has 2 N–H and O–H groups in total. The summed E-state index contributed by atoms with van der Waals surface area (Å²) in [5, 5.41) is 12.6. The van der Waals surface area contributed by atoms with Crippen LogP contribution in [0.15, 0.2) is 29.3 Å². The molecule has 0 heterocycles. The average molecular weight is 319 g/mol. The summed E-state index contributed by atoms with van der Waals surface area (Å²) in [6, 6.07) is 8.47. The summed E-state index contributed by atoms with van der Waals surface area (Å²) in [6.07, 6.45) is 3.08. The van der Waals surface area contributed by atoms with Gasteiger partial charge >= 0.3 is 0 Å². The normalized spacial score (nSPS) is 13.0. The average Bonchev–Trinajstić information content (AvgIpc) is 2.53. The van der Waals surface area contributed by atoms with E-state index in [2.05, 4.69) is 62.3 Å². The number of rotatable bonds is 9. The van der Waals surface area contributed by atoms with Gasteiger partial charge in [-0.15, -0.1) is 0 Å². The number of nitrogens with one attached hydrogen (secondary N) is 1. The molecule has 0 aliphatic heterocycles. The van der Waals surface area contributed by atoms with Crippen LogP contribution in [0.4, 0.5) is 0 Å². The minimum absolute atomic E-state index is 0.246. The summed E-state index contributed by atoms with van der Waals surface area (Å²) < 4.78 is 0. The Hall–Kier alpha value is -1.55. The van der Waals surface area contributed by atoms with E-state index >= 15 is 0 Å². The van der Waals surface area contributed by atoms with E-state index in [9.17, 15) is 5.11 Å². The van der Waals surface area contributed by atoms with Crippen LogP contribution in [0.25, 0.3) is 0 Å².